The Hall–Kier alpha value is -2.61. The van der Waals surface area contributed by atoms with Gasteiger partial charge in [-0.1, -0.05) is 58.0 Å². The van der Waals surface area contributed by atoms with Gasteiger partial charge in [0, 0.05) is 0 Å². The predicted molar refractivity (Wildman–Crippen MR) is 116 cm³/mol. The molecule has 3 aromatic carbocycles. The molecule has 0 atom stereocenters. The minimum Gasteiger partial charge on any atom is -0.478 e. The summed E-state index contributed by atoms with van der Waals surface area (Å²) >= 11 is 0. The highest BCUT2D eigenvalue weighted by Crippen LogP contribution is 2.47. The van der Waals surface area contributed by atoms with Crippen LogP contribution in [0.5, 0.6) is 0 Å². The van der Waals surface area contributed by atoms with Crippen molar-refractivity contribution in [1.82, 2.24) is 0 Å². The summed E-state index contributed by atoms with van der Waals surface area (Å²) in [6, 6.07) is 16.5. The Balaban J connectivity index is 1.90. The molecule has 0 saturated carbocycles. The van der Waals surface area contributed by atoms with Crippen molar-refractivity contribution >= 4 is 16.7 Å². The van der Waals surface area contributed by atoms with E-state index in [1.54, 1.807) is 12.1 Å². The summed E-state index contributed by atoms with van der Waals surface area (Å²) in [4.78, 5) is 11.1. The molecule has 0 spiro atoms. The Morgan fingerprint density at radius 3 is 1.82 bits per heavy atom. The Kier molecular flexibility index (Phi) is 4.15. The van der Waals surface area contributed by atoms with E-state index in [-0.39, 0.29) is 10.8 Å². The molecule has 1 aliphatic carbocycles. The molecule has 0 heterocycles. The third kappa shape index (κ3) is 3.01. The first-order valence-electron chi connectivity index (χ1n) is 10.0. The summed E-state index contributed by atoms with van der Waals surface area (Å²) in [7, 11) is 0. The highest BCUT2D eigenvalue weighted by Gasteiger charge is 2.37. The van der Waals surface area contributed by atoms with Gasteiger partial charge in [0.25, 0.3) is 0 Å². The van der Waals surface area contributed by atoms with Gasteiger partial charge in [0.15, 0.2) is 0 Å². The first-order chi connectivity index (χ1) is 13.1. The minimum atomic E-state index is -0.891. The third-order valence-electron chi connectivity index (χ3n) is 6.60. The smallest absolute Gasteiger partial charge is 0.335 e. The van der Waals surface area contributed by atoms with Crippen LogP contribution in [0.1, 0.15) is 67.6 Å². The summed E-state index contributed by atoms with van der Waals surface area (Å²) < 4.78 is 0. The quantitative estimate of drug-likeness (QED) is 0.533. The SMILES string of the molecule is Cc1cc2cc3c(cc2cc1-c1ccc(C(=O)O)cc1)C(C)(C)CCC3(C)C. The van der Waals surface area contributed by atoms with Crippen molar-refractivity contribution in [1.29, 1.82) is 0 Å². The van der Waals surface area contributed by atoms with Crippen LogP contribution in [0.2, 0.25) is 0 Å². The van der Waals surface area contributed by atoms with Crippen LogP contribution >= 0.6 is 0 Å². The summed E-state index contributed by atoms with van der Waals surface area (Å²) in [6.07, 6.45) is 2.42. The van der Waals surface area contributed by atoms with Gasteiger partial charge in [0.05, 0.1) is 5.56 Å². The maximum Gasteiger partial charge on any atom is 0.335 e. The molecule has 2 nitrogen and oxygen atoms in total. The molecule has 28 heavy (non-hydrogen) atoms. The number of aromatic carboxylic acids is 1. The number of hydrogen-bond acceptors (Lipinski definition) is 1. The van der Waals surface area contributed by atoms with Crippen molar-refractivity contribution in [3.8, 4) is 11.1 Å². The molecule has 0 amide bonds. The van der Waals surface area contributed by atoms with Crippen LogP contribution in [0.4, 0.5) is 0 Å². The second-order valence-electron chi connectivity index (χ2n) is 9.56. The van der Waals surface area contributed by atoms with Gasteiger partial charge < -0.3 is 5.11 Å². The van der Waals surface area contributed by atoms with Gasteiger partial charge in [-0.3, -0.25) is 0 Å². The van der Waals surface area contributed by atoms with Crippen molar-refractivity contribution in [2.75, 3.05) is 0 Å². The number of benzene rings is 3. The number of carbonyl (C=O) groups is 1. The molecule has 1 N–H and O–H groups in total. The van der Waals surface area contributed by atoms with Gasteiger partial charge in [-0.15, -0.1) is 0 Å². The van der Waals surface area contributed by atoms with Crippen LogP contribution in [-0.4, -0.2) is 11.1 Å². The van der Waals surface area contributed by atoms with Crippen molar-refractivity contribution < 1.29 is 9.90 Å². The summed E-state index contributed by atoms with van der Waals surface area (Å²) in [5, 5.41) is 11.7. The molecule has 0 aromatic heterocycles. The second kappa shape index (κ2) is 6.20. The van der Waals surface area contributed by atoms with Gasteiger partial charge in [-0.05, 0) is 87.4 Å². The van der Waals surface area contributed by atoms with Crippen LogP contribution < -0.4 is 0 Å². The average Bonchev–Trinajstić information content (AvgIpc) is 2.64. The normalized spacial score (nSPS) is 17.3. The lowest BCUT2D eigenvalue weighted by Gasteiger charge is -2.42. The van der Waals surface area contributed by atoms with Crippen LogP contribution in [0.15, 0.2) is 48.5 Å². The first-order valence-corrected chi connectivity index (χ1v) is 10.0. The van der Waals surface area contributed by atoms with Crippen molar-refractivity contribution in [2.45, 2.75) is 58.3 Å². The fourth-order valence-corrected chi connectivity index (χ4v) is 4.58. The lowest BCUT2D eigenvalue weighted by Crippen LogP contribution is -2.33. The Labute approximate surface area is 167 Å². The average molecular weight is 373 g/mol. The Morgan fingerprint density at radius 2 is 1.32 bits per heavy atom. The van der Waals surface area contributed by atoms with E-state index in [2.05, 4.69) is 58.9 Å². The molecule has 144 valence electrons. The van der Waals surface area contributed by atoms with Crippen LogP contribution in [0.3, 0.4) is 0 Å². The van der Waals surface area contributed by atoms with E-state index in [1.807, 2.05) is 12.1 Å². The lowest BCUT2D eigenvalue weighted by atomic mass is 9.63. The van der Waals surface area contributed by atoms with Gasteiger partial charge in [0.1, 0.15) is 0 Å². The molecule has 0 aliphatic heterocycles. The molecule has 0 bridgehead atoms. The fourth-order valence-electron chi connectivity index (χ4n) is 4.58. The van der Waals surface area contributed by atoms with Crippen LogP contribution in [-0.2, 0) is 10.8 Å². The lowest BCUT2D eigenvalue weighted by molar-refractivity contribution is 0.0697. The summed E-state index contributed by atoms with van der Waals surface area (Å²) in [5.41, 5.74) is 7.09. The van der Waals surface area contributed by atoms with E-state index in [1.165, 1.54) is 40.3 Å². The number of carboxylic acid groups (broad SMARTS) is 1. The second-order valence-corrected chi connectivity index (χ2v) is 9.56. The highest BCUT2D eigenvalue weighted by atomic mass is 16.4. The standard InChI is InChI=1S/C26H28O2/c1-16-12-19-14-22-23(26(4,5)11-10-25(22,2)3)15-20(19)13-21(16)17-6-8-18(9-7-17)24(27)28/h6-9,12-15H,10-11H2,1-5H3,(H,27,28). The van der Waals surface area contributed by atoms with Gasteiger partial charge >= 0.3 is 5.97 Å². The zero-order valence-corrected chi connectivity index (χ0v) is 17.4. The molecule has 0 unspecified atom stereocenters. The third-order valence-corrected chi connectivity index (χ3v) is 6.60. The minimum absolute atomic E-state index is 0.188. The number of hydrogen-bond donors (Lipinski definition) is 1. The van der Waals surface area contributed by atoms with Crippen LogP contribution in [0.25, 0.3) is 21.9 Å². The molecule has 2 heteroatoms. The zero-order valence-electron chi connectivity index (χ0n) is 17.4. The summed E-state index contributed by atoms with van der Waals surface area (Å²) in [5.74, 6) is -0.891. The molecular weight excluding hydrogens is 344 g/mol. The van der Waals surface area contributed by atoms with Gasteiger partial charge in [-0.25, -0.2) is 4.79 Å². The fraction of sp³-hybridized carbons (Fsp3) is 0.346. The van der Waals surface area contributed by atoms with Gasteiger partial charge in [-0.2, -0.15) is 0 Å². The maximum atomic E-state index is 11.1. The number of aryl methyl sites for hydroxylation is 1. The highest BCUT2D eigenvalue weighted by molar-refractivity contribution is 5.92. The molecule has 0 radical (unpaired) electrons. The summed E-state index contributed by atoms with van der Waals surface area (Å²) in [6.45, 7) is 11.6. The molecular formula is C26H28O2. The van der Waals surface area contributed by atoms with E-state index in [0.717, 1.165) is 11.1 Å². The van der Waals surface area contributed by atoms with E-state index >= 15 is 0 Å². The first kappa shape index (κ1) is 18.7. The number of rotatable bonds is 2. The van der Waals surface area contributed by atoms with Crippen LogP contribution in [0, 0.1) is 6.92 Å². The van der Waals surface area contributed by atoms with E-state index < -0.39 is 5.97 Å². The number of fused-ring (bicyclic) bond motifs is 2. The topological polar surface area (TPSA) is 37.3 Å². The van der Waals surface area contributed by atoms with Crippen molar-refractivity contribution in [3.63, 3.8) is 0 Å². The van der Waals surface area contributed by atoms with E-state index in [4.69, 9.17) is 5.11 Å². The zero-order chi connectivity index (χ0) is 20.3. The maximum absolute atomic E-state index is 11.1. The Bertz CT molecular complexity index is 1090. The van der Waals surface area contributed by atoms with E-state index in [0.29, 0.717) is 5.56 Å². The molecule has 1 aliphatic rings. The van der Waals surface area contributed by atoms with E-state index in [9.17, 15) is 4.79 Å². The molecule has 3 aromatic rings. The Morgan fingerprint density at radius 1 is 0.821 bits per heavy atom. The van der Waals surface area contributed by atoms with Crippen molar-refractivity contribution in [3.05, 3.63) is 70.8 Å². The van der Waals surface area contributed by atoms with Gasteiger partial charge in [0.2, 0.25) is 0 Å². The molecule has 0 saturated heterocycles. The predicted octanol–water partition coefficient (Wildman–Crippen LogP) is 6.86. The molecule has 4 rings (SSSR count). The molecule has 0 fully saturated rings. The number of carboxylic acids is 1. The monoisotopic (exact) mass is 372 g/mol. The van der Waals surface area contributed by atoms with Crippen molar-refractivity contribution in [2.24, 2.45) is 0 Å². The largest absolute Gasteiger partial charge is 0.478 e.